The third-order valence-electron chi connectivity index (χ3n) is 5.18. The zero-order valence-corrected chi connectivity index (χ0v) is 19.9. The number of benzene rings is 3. The maximum Gasteiger partial charge on any atom is 0.169 e. The lowest BCUT2D eigenvalue weighted by Gasteiger charge is -2.15. The molecule has 1 N–H and O–H groups in total. The Bertz CT molecular complexity index is 1190. The number of nitrogens with one attached hydrogen (secondary N) is 1. The number of aromatic nitrogens is 1. The maximum absolute atomic E-state index is 14.8. The molecule has 0 radical (unpaired) electrons. The normalized spacial score (nSPS) is 10.8. The molecule has 0 bridgehead atoms. The molecule has 0 atom stereocenters. The summed E-state index contributed by atoms with van der Waals surface area (Å²) in [4.78, 5) is 5.07. The van der Waals surface area contributed by atoms with Crippen LogP contribution in [0.4, 0.5) is 4.39 Å². The van der Waals surface area contributed by atoms with Gasteiger partial charge in [0, 0.05) is 29.8 Å². The third-order valence-corrected chi connectivity index (χ3v) is 6.01. The monoisotopic (exact) mass is 474 g/mol. The van der Waals surface area contributed by atoms with Crippen molar-refractivity contribution in [1.82, 2.24) is 9.71 Å². The molecule has 0 aliphatic heterocycles. The summed E-state index contributed by atoms with van der Waals surface area (Å²) in [6.45, 7) is 3.22. The van der Waals surface area contributed by atoms with Gasteiger partial charge in [0.25, 0.3) is 0 Å². The van der Waals surface area contributed by atoms with E-state index in [9.17, 15) is 4.39 Å². The summed E-state index contributed by atoms with van der Waals surface area (Å²) in [5.41, 5.74) is 3.20. The summed E-state index contributed by atoms with van der Waals surface area (Å²) in [7, 11) is 0. The van der Waals surface area contributed by atoms with Gasteiger partial charge in [-0.2, -0.15) is 0 Å². The highest BCUT2D eigenvalue weighted by molar-refractivity contribution is 7.97. The summed E-state index contributed by atoms with van der Waals surface area (Å²) in [5.74, 6) is 0.815. The van der Waals surface area contributed by atoms with Gasteiger partial charge in [0.05, 0.1) is 0 Å². The minimum absolute atomic E-state index is 0.159. The van der Waals surface area contributed by atoms with Gasteiger partial charge in [0.2, 0.25) is 0 Å². The van der Waals surface area contributed by atoms with E-state index in [4.69, 9.17) is 9.47 Å². The molecule has 0 amide bonds. The fourth-order valence-corrected chi connectivity index (χ4v) is 3.98. The molecule has 6 heteroatoms. The average Bonchev–Trinajstić information content (AvgIpc) is 2.88. The van der Waals surface area contributed by atoms with E-state index in [0.29, 0.717) is 18.1 Å². The van der Waals surface area contributed by atoms with Crippen molar-refractivity contribution in [3.05, 3.63) is 114 Å². The Morgan fingerprint density at radius 2 is 1.68 bits per heavy atom. The quantitative estimate of drug-likeness (QED) is 0.187. The number of nitrogens with zero attached hydrogens (tertiary/aromatic N) is 1. The largest absolute Gasteiger partial charge is 0.485 e. The van der Waals surface area contributed by atoms with Crippen molar-refractivity contribution in [2.75, 3.05) is 6.54 Å². The van der Waals surface area contributed by atoms with Crippen LogP contribution >= 0.6 is 11.9 Å². The zero-order valence-electron chi connectivity index (χ0n) is 19.0. The lowest BCUT2D eigenvalue weighted by molar-refractivity contribution is 0.289. The van der Waals surface area contributed by atoms with Gasteiger partial charge >= 0.3 is 0 Å². The topological polar surface area (TPSA) is 43.4 Å². The van der Waals surface area contributed by atoms with Crippen LogP contribution in [-0.4, -0.2) is 11.5 Å². The number of hydrogen-bond donors (Lipinski definition) is 1. The van der Waals surface area contributed by atoms with Crippen molar-refractivity contribution in [1.29, 1.82) is 0 Å². The van der Waals surface area contributed by atoms with E-state index >= 15 is 0 Å². The van der Waals surface area contributed by atoms with E-state index in [-0.39, 0.29) is 5.75 Å². The van der Waals surface area contributed by atoms with Gasteiger partial charge in [0.15, 0.2) is 23.1 Å². The van der Waals surface area contributed by atoms with Crippen LogP contribution in [-0.2, 0) is 19.4 Å². The third kappa shape index (κ3) is 6.83. The Morgan fingerprint density at radius 1 is 0.853 bits per heavy atom. The van der Waals surface area contributed by atoms with E-state index in [1.807, 2.05) is 72.8 Å². The predicted molar refractivity (Wildman–Crippen MR) is 135 cm³/mol. The maximum atomic E-state index is 14.8. The lowest BCUT2D eigenvalue weighted by Crippen LogP contribution is -2.09. The molecule has 0 aliphatic rings. The van der Waals surface area contributed by atoms with Crippen LogP contribution < -0.4 is 14.2 Å². The van der Waals surface area contributed by atoms with Crippen LogP contribution in [0.2, 0.25) is 0 Å². The number of ether oxygens (including phenoxy) is 2. The number of halogens is 1. The first kappa shape index (κ1) is 23.8. The van der Waals surface area contributed by atoms with Crippen molar-refractivity contribution in [2.24, 2.45) is 0 Å². The van der Waals surface area contributed by atoms with Crippen LogP contribution in [0, 0.1) is 5.82 Å². The first-order valence-corrected chi connectivity index (χ1v) is 12.1. The van der Waals surface area contributed by atoms with Crippen molar-refractivity contribution in [3.63, 3.8) is 0 Å². The molecule has 0 saturated carbocycles. The molecule has 34 heavy (non-hydrogen) atoms. The summed E-state index contributed by atoms with van der Waals surface area (Å²) in [6, 6.07) is 26.5. The van der Waals surface area contributed by atoms with Gasteiger partial charge in [-0.05, 0) is 72.0 Å². The van der Waals surface area contributed by atoms with Crippen LogP contribution in [0.25, 0.3) is 0 Å². The minimum atomic E-state index is -0.426. The smallest absolute Gasteiger partial charge is 0.169 e. The summed E-state index contributed by atoms with van der Waals surface area (Å²) in [5, 5.41) is 0. The first-order chi connectivity index (χ1) is 16.7. The minimum Gasteiger partial charge on any atom is -0.485 e. The molecular formula is C28H27FN2O2S. The summed E-state index contributed by atoms with van der Waals surface area (Å²) >= 11 is 1.38. The molecule has 4 nitrogen and oxygen atoms in total. The Kier molecular flexibility index (Phi) is 8.54. The molecule has 0 spiro atoms. The highest BCUT2D eigenvalue weighted by Crippen LogP contribution is 2.35. The van der Waals surface area contributed by atoms with Crippen LogP contribution in [0.1, 0.15) is 23.7 Å². The van der Waals surface area contributed by atoms with E-state index in [0.717, 1.165) is 41.1 Å². The average molecular weight is 475 g/mol. The molecule has 174 valence electrons. The van der Waals surface area contributed by atoms with E-state index in [1.54, 1.807) is 12.3 Å². The molecule has 3 aromatic carbocycles. The lowest BCUT2D eigenvalue weighted by atomic mass is 10.1. The predicted octanol–water partition coefficient (Wildman–Crippen LogP) is 6.99. The first-order valence-electron chi connectivity index (χ1n) is 11.3. The highest BCUT2D eigenvalue weighted by Gasteiger charge is 2.12. The Hall–Kier alpha value is -3.35. The molecule has 0 saturated heterocycles. The number of rotatable bonds is 11. The van der Waals surface area contributed by atoms with Crippen molar-refractivity contribution >= 4 is 11.9 Å². The van der Waals surface area contributed by atoms with Gasteiger partial charge < -0.3 is 9.47 Å². The molecule has 0 unspecified atom stereocenters. The number of hydrogen-bond acceptors (Lipinski definition) is 5. The fourth-order valence-electron chi connectivity index (χ4n) is 3.31. The molecule has 1 aromatic heterocycles. The van der Waals surface area contributed by atoms with Gasteiger partial charge in [-0.25, -0.2) is 4.39 Å². The molecule has 4 rings (SSSR count). The van der Waals surface area contributed by atoms with Crippen molar-refractivity contribution in [3.8, 4) is 17.2 Å². The second-order valence-corrected chi connectivity index (χ2v) is 8.63. The SMILES string of the molecule is CCc1ccc(Oc2ccc(SNCCc3ccccn3)cc2F)c(OCc2ccccc2)c1. The van der Waals surface area contributed by atoms with E-state index < -0.39 is 5.82 Å². The second-order valence-electron chi connectivity index (χ2n) is 7.67. The molecule has 0 aliphatic carbocycles. The molecular weight excluding hydrogens is 447 g/mol. The van der Waals surface area contributed by atoms with Crippen LogP contribution in [0.3, 0.4) is 0 Å². The summed E-state index contributed by atoms with van der Waals surface area (Å²) < 4.78 is 30.0. The van der Waals surface area contributed by atoms with Crippen molar-refractivity contribution in [2.45, 2.75) is 31.3 Å². The van der Waals surface area contributed by atoms with Crippen LogP contribution in [0.5, 0.6) is 17.2 Å². The summed E-state index contributed by atoms with van der Waals surface area (Å²) in [6.07, 6.45) is 3.46. The highest BCUT2D eigenvalue weighted by atomic mass is 32.2. The van der Waals surface area contributed by atoms with E-state index in [1.165, 1.54) is 18.0 Å². The second kappa shape index (κ2) is 12.2. The van der Waals surface area contributed by atoms with Gasteiger partial charge in [-0.3, -0.25) is 9.71 Å². The zero-order chi connectivity index (χ0) is 23.6. The Labute approximate surface area is 204 Å². The fraction of sp³-hybridized carbons (Fsp3) is 0.179. The Balaban J connectivity index is 1.38. The van der Waals surface area contributed by atoms with Crippen LogP contribution in [0.15, 0.2) is 96.0 Å². The number of pyridine rings is 1. The number of aryl methyl sites for hydroxylation is 1. The molecule has 1 heterocycles. The molecule has 4 aromatic rings. The van der Waals surface area contributed by atoms with Gasteiger partial charge in [-0.15, -0.1) is 0 Å². The molecule has 0 fully saturated rings. The van der Waals surface area contributed by atoms with Crippen molar-refractivity contribution < 1.29 is 13.9 Å². The van der Waals surface area contributed by atoms with E-state index in [2.05, 4.69) is 16.6 Å². The van der Waals surface area contributed by atoms with Gasteiger partial charge in [0.1, 0.15) is 6.61 Å². The Morgan fingerprint density at radius 3 is 2.44 bits per heavy atom. The van der Waals surface area contributed by atoms with Gasteiger partial charge in [-0.1, -0.05) is 49.4 Å². The standard InChI is InChI=1S/C28H27FN2O2S/c1-2-21-11-13-27(28(18-21)32-20-22-8-4-3-5-9-22)33-26-14-12-24(19-25(26)29)34-31-17-15-23-10-6-7-16-30-23/h3-14,16,18-19,31H,2,15,17,20H2,1H3.